The van der Waals surface area contributed by atoms with Gasteiger partial charge in [0, 0.05) is 12.5 Å². The van der Waals surface area contributed by atoms with Crippen molar-refractivity contribution in [3.63, 3.8) is 0 Å². The summed E-state index contributed by atoms with van der Waals surface area (Å²) in [5.74, 6) is 0.0182. The lowest BCUT2D eigenvalue weighted by atomic mass is 10.2. The second-order valence-corrected chi connectivity index (χ2v) is 4.96. The number of benzene rings is 1. The molecule has 21 heavy (non-hydrogen) atoms. The standard InChI is InChI=1S/C13H17BrN2O5/c1-3-20-13(17)11(15-2)6-7-21-12-8-9(16(18)19)4-5-10(12)14/h4-5,8,11,15H,3,6-7H2,1-2H3. The number of nitro benzene ring substituents is 1. The van der Waals surface area contributed by atoms with Crippen LogP contribution in [0, 0.1) is 10.1 Å². The molecule has 0 aliphatic rings. The molecule has 8 heteroatoms. The van der Waals surface area contributed by atoms with Crippen LogP contribution in [-0.2, 0) is 9.53 Å². The summed E-state index contributed by atoms with van der Waals surface area (Å²) in [5.41, 5.74) is -0.0521. The van der Waals surface area contributed by atoms with E-state index in [2.05, 4.69) is 21.2 Å². The normalized spacial score (nSPS) is 11.8. The minimum absolute atomic E-state index is 0.0521. The number of nitrogens with zero attached hydrogens (tertiary/aromatic N) is 1. The lowest BCUT2D eigenvalue weighted by Crippen LogP contribution is -2.36. The monoisotopic (exact) mass is 360 g/mol. The van der Waals surface area contributed by atoms with Crippen LogP contribution in [0.25, 0.3) is 0 Å². The number of carbonyl (C=O) groups is 1. The molecule has 0 heterocycles. The summed E-state index contributed by atoms with van der Waals surface area (Å²) in [7, 11) is 1.66. The fourth-order valence-electron chi connectivity index (χ4n) is 1.63. The van der Waals surface area contributed by atoms with Crippen molar-refractivity contribution in [2.24, 2.45) is 0 Å². The second-order valence-electron chi connectivity index (χ2n) is 4.10. The molecule has 1 N–H and O–H groups in total. The van der Waals surface area contributed by atoms with E-state index in [0.29, 0.717) is 23.2 Å². The van der Waals surface area contributed by atoms with Crippen molar-refractivity contribution >= 4 is 27.6 Å². The first-order valence-corrected chi connectivity index (χ1v) is 7.19. The Morgan fingerprint density at radius 1 is 1.52 bits per heavy atom. The molecule has 0 fully saturated rings. The predicted molar refractivity (Wildman–Crippen MR) is 80.4 cm³/mol. The lowest BCUT2D eigenvalue weighted by Gasteiger charge is -2.15. The van der Waals surface area contributed by atoms with Crippen LogP contribution in [0.4, 0.5) is 5.69 Å². The molecule has 0 bridgehead atoms. The molecule has 0 aromatic heterocycles. The number of nitrogens with one attached hydrogen (secondary N) is 1. The fraction of sp³-hybridized carbons (Fsp3) is 0.462. The van der Waals surface area contributed by atoms with Gasteiger partial charge < -0.3 is 14.8 Å². The molecule has 0 aliphatic heterocycles. The maximum absolute atomic E-state index is 11.6. The van der Waals surface area contributed by atoms with Crippen LogP contribution in [0.2, 0.25) is 0 Å². The number of likely N-dealkylation sites (N-methyl/N-ethyl adjacent to an activating group) is 1. The summed E-state index contributed by atoms with van der Waals surface area (Å²) >= 11 is 3.26. The first-order chi connectivity index (χ1) is 9.99. The number of ether oxygens (including phenoxy) is 2. The molecule has 7 nitrogen and oxygen atoms in total. The number of carbonyl (C=O) groups excluding carboxylic acids is 1. The van der Waals surface area contributed by atoms with Crippen LogP contribution in [0.1, 0.15) is 13.3 Å². The zero-order valence-corrected chi connectivity index (χ0v) is 13.4. The maximum atomic E-state index is 11.6. The van der Waals surface area contributed by atoms with Gasteiger partial charge in [-0.2, -0.15) is 0 Å². The van der Waals surface area contributed by atoms with E-state index < -0.39 is 11.0 Å². The molecule has 1 aromatic rings. The molecular formula is C13H17BrN2O5. The van der Waals surface area contributed by atoms with Crippen molar-refractivity contribution in [1.82, 2.24) is 5.32 Å². The molecule has 0 amide bonds. The highest BCUT2D eigenvalue weighted by molar-refractivity contribution is 9.10. The van der Waals surface area contributed by atoms with Crippen molar-refractivity contribution < 1.29 is 19.2 Å². The van der Waals surface area contributed by atoms with Crippen molar-refractivity contribution in [3.8, 4) is 5.75 Å². The van der Waals surface area contributed by atoms with E-state index in [1.165, 1.54) is 12.1 Å². The predicted octanol–water partition coefficient (Wildman–Crippen LogP) is 2.28. The summed E-state index contributed by atoms with van der Waals surface area (Å²) in [6.07, 6.45) is 0.393. The number of halogens is 1. The largest absolute Gasteiger partial charge is 0.492 e. The minimum atomic E-state index is -0.492. The molecule has 1 unspecified atom stereocenters. The second kappa shape index (κ2) is 8.58. The van der Waals surface area contributed by atoms with Gasteiger partial charge in [0.15, 0.2) is 0 Å². The number of esters is 1. The first kappa shape index (κ1) is 17.4. The number of nitro groups is 1. The zero-order valence-electron chi connectivity index (χ0n) is 11.8. The van der Waals surface area contributed by atoms with Crippen LogP contribution >= 0.6 is 15.9 Å². The summed E-state index contributed by atoms with van der Waals surface area (Å²) in [6.45, 7) is 2.28. The molecule has 0 saturated heterocycles. The molecule has 1 rings (SSSR count). The van der Waals surface area contributed by atoms with Gasteiger partial charge in [-0.05, 0) is 36.0 Å². The Labute approximate surface area is 130 Å². The van der Waals surface area contributed by atoms with Crippen molar-refractivity contribution in [3.05, 3.63) is 32.8 Å². The van der Waals surface area contributed by atoms with Crippen molar-refractivity contribution in [2.75, 3.05) is 20.3 Å². The van der Waals surface area contributed by atoms with E-state index in [9.17, 15) is 14.9 Å². The topological polar surface area (TPSA) is 90.7 Å². The molecule has 1 aromatic carbocycles. The highest BCUT2D eigenvalue weighted by Gasteiger charge is 2.18. The summed E-state index contributed by atoms with van der Waals surface area (Å²) in [5, 5.41) is 13.6. The van der Waals surface area contributed by atoms with Crippen molar-refractivity contribution in [2.45, 2.75) is 19.4 Å². The molecule has 0 spiro atoms. The smallest absolute Gasteiger partial charge is 0.323 e. The van der Waals surface area contributed by atoms with Crippen LogP contribution < -0.4 is 10.1 Å². The quantitative estimate of drug-likeness (QED) is 0.434. The summed E-state index contributed by atoms with van der Waals surface area (Å²) < 4.78 is 11.0. The molecule has 0 aliphatic carbocycles. The molecule has 0 saturated carbocycles. The highest BCUT2D eigenvalue weighted by atomic mass is 79.9. The van der Waals surface area contributed by atoms with Crippen LogP contribution in [-0.4, -0.2) is 37.2 Å². The molecular weight excluding hydrogens is 344 g/mol. The van der Waals surface area contributed by atoms with Crippen LogP contribution in [0.5, 0.6) is 5.75 Å². The summed E-state index contributed by atoms with van der Waals surface area (Å²) in [6, 6.07) is 3.80. The Morgan fingerprint density at radius 2 is 2.24 bits per heavy atom. The van der Waals surface area contributed by atoms with Crippen LogP contribution in [0.3, 0.4) is 0 Å². The van der Waals surface area contributed by atoms with Gasteiger partial charge in [0.25, 0.3) is 5.69 Å². The Balaban J connectivity index is 2.60. The number of hydrogen-bond donors (Lipinski definition) is 1. The van der Waals surface area contributed by atoms with Gasteiger partial charge in [0.1, 0.15) is 11.8 Å². The van der Waals surface area contributed by atoms with E-state index in [4.69, 9.17) is 9.47 Å². The number of non-ortho nitro benzene ring substituents is 1. The van der Waals surface area contributed by atoms with Crippen molar-refractivity contribution in [1.29, 1.82) is 0 Å². The van der Waals surface area contributed by atoms with E-state index in [1.807, 2.05) is 0 Å². The Bertz CT molecular complexity index is 509. The first-order valence-electron chi connectivity index (χ1n) is 6.40. The average molecular weight is 361 g/mol. The van der Waals surface area contributed by atoms with E-state index >= 15 is 0 Å². The third-order valence-electron chi connectivity index (χ3n) is 2.71. The van der Waals surface area contributed by atoms with E-state index in [-0.39, 0.29) is 18.3 Å². The Hall–Kier alpha value is -1.67. The van der Waals surface area contributed by atoms with Gasteiger partial charge in [0.05, 0.1) is 28.7 Å². The third-order valence-corrected chi connectivity index (χ3v) is 3.36. The Morgan fingerprint density at radius 3 is 2.81 bits per heavy atom. The third kappa shape index (κ3) is 5.31. The average Bonchev–Trinajstić information content (AvgIpc) is 2.45. The van der Waals surface area contributed by atoms with Gasteiger partial charge in [-0.1, -0.05) is 0 Å². The van der Waals surface area contributed by atoms with Gasteiger partial charge in [0.2, 0.25) is 0 Å². The minimum Gasteiger partial charge on any atom is -0.492 e. The molecule has 0 radical (unpaired) electrons. The number of rotatable bonds is 8. The molecule has 116 valence electrons. The number of hydrogen-bond acceptors (Lipinski definition) is 6. The van der Waals surface area contributed by atoms with Crippen LogP contribution in [0.15, 0.2) is 22.7 Å². The van der Waals surface area contributed by atoms with Gasteiger partial charge >= 0.3 is 5.97 Å². The fourth-order valence-corrected chi connectivity index (χ4v) is 1.99. The van der Waals surface area contributed by atoms with Gasteiger partial charge in [-0.3, -0.25) is 14.9 Å². The summed E-state index contributed by atoms with van der Waals surface area (Å²) in [4.78, 5) is 21.8. The highest BCUT2D eigenvalue weighted by Crippen LogP contribution is 2.29. The van der Waals surface area contributed by atoms with Gasteiger partial charge in [-0.25, -0.2) is 0 Å². The van der Waals surface area contributed by atoms with E-state index in [1.54, 1.807) is 20.0 Å². The SMILES string of the molecule is CCOC(=O)C(CCOc1cc([N+](=O)[O-])ccc1Br)NC. The lowest BCUT2D eigenvalue weighted by molar-refractivity contribution is -0.385. The zero-order chi connectivity index (χ0) is 15.8. The Kier molecular flexibility index (Phi) is 7.10. The van der Waals surface area contributed by atoms with Gasteiger partial charge in [-0.15, -0.1) is 0 Å². The van der Waals surface area contributed by atoms with E-state index in [0.717, 1.165) is 0 Å². The maximum Gasteiger partial charge on any atom is 0.323 e. The molecule has 1 atom stereocenters.